The van der Waals surface area contributed by atoms with Crippen LogP contribution in [0.4, 0.5) is 0 Å². The second-order valence-electron chi connectivity index (χ2n) is 5.58. The highest BCUT2D eigenvalue weighted by Gasteiger charge is 2.37. The minimum Gasteiger partial charge on any atom is -0.497 e. The largest absolute Gasteiger partial charge is 0.497 e. The number of hydrogen-bond acceptors (Lipinski definition) is 4. The van der Waals surface area contributed by atoms with Gasteiger partial charge in [-0.05, 0) is 29.3 Å². The van der Waals surface area contributed by atoms with Crippen LogP contribution in [0.5, 0.6) is 5.75 Å². The molecule has 0 aromatic heterocycles. The number of nitrogens with zero attached hydrogens (tertiary/aromatic N) is 2. The summed E-state index contributed by atoms with van der Waals surface area (Å²) < 4.78 is 5.23. The van der Waals surface area contributed by atoms with Gasteiger partial charge in [0, 0.05) is 0 Å². The summed E-state index contributed by atoms with van der Waals surface area (Å²) in [6.45, 7) is 0. The quantitative estimate of drug-likeness (QED) is 0.858. The monoisotopic (exact) mass is 336 g/mol. The van der Waals surface area contributed by atoms with Crippen molar-refractivity contribution in [2.24, 2.45) is 4.99 Å². The summed E-state index contributed by atoms with van der Waals surface area (Å²) in [7, 11) is 1.65. The third-order valence-electron chi connectivity index (χ3n) is 4.14. The molecular formula is C19H16N2O2S. The molecule has 120 valence electrons. The number of fused-ring (bicyclic) bond motifs is 1. The van der Waals surface area contributed by atoms with E-state index in [1.165, 1.54) is 11.8 Å². The molecule has 0 saturated carbocycles. The van der Waals surface area contributed by atoms with Crippen molar-refractivity contribution >= 4 is 28.5 Å². The molecule has 5 heteroatoms. The van der Waals surface area contributed by atoms with Crippen molar-refractivity contribution in [3.8, 4) is 5.75 Å². The lowest BCUT2D eigenvalue weighted by atomic mass is 10.0. The van der Waals surface area contributed by atoms with Gasteiger partial charge in [-0.3, -0.25) is 9.69 Å². The fourth-order valence-electron chi connectivity index (χ4n) is 2.91. The minimum absolute atomic E-state index is 0.0999. The highest BCUT2D eigenvalue weighted by Crippen LogP contribution is 2.38. The van der Waals surface area contributed by atoms with Crippen LogP contribution in [0.3, 0.4) is 0 Å². The Labute approximate surface area is 144 Å². The molecule has 0 radical (unpaired) electrons. The van der Waals surface area contributed by atoms with Gasteiger partial charge in [0.15, 0.2) is 5.17 Å². The van der Waals surface area contributed by atoms with Crippen LogP contribution < -0.4 is 4.74 Å². The predicted octanol–water partition coefficient (Wildman–Crippen LogP) is 3.72. The zero-order valence-corrected chi connectivity index (χ0v) is 14.0. The third-order valence-corrected chi connectivity index (χ3v) is 5.07. The Kier molecular flexibility index (Phi) is 3.86. The first-order chi connectivity index (χ1) is 11.8. The molecule has 2 aromatic rings. The van der Waals surface area contributed by atoms with E-state index >= 15 is 0 Å². The number of carbonyl (C=O) groups is 1. The number of rotatable bonds is 3. The average molecular weight is 336 g/mol. The number of benzene rings is 2. The van der Waals surface area contributed by atoms with Gasteiger partial charge in [-0.25, -0.2) is 4.99 Å². The van der Waals surface area contributed by atoms with Crippen LogP contribution >= 0.6 is 11.8 Å². The van der Waals surface area contributed by atoms with E-state index in [1.807, 2.05) is 54.6 Å². The van der Waals surface area contributed by atoms with Crippen LogP contribution in [0.15, 0.2) is 65.7 Å². The van der Waals surface area contributed by atoms with E-state index in [-0.39, 0.29) is 11.9 Å². The standard InChI is InChI=1S/C19H16N2O2S/c1-23-15-9-7-14(8-10-15)17-11-16(13-5-3-2-4-6-13)20-19-21(17)18(22)12-24-19/h2-11,17H,12H2,1H3. The molecule has 24 heavy (non-hydrogen) atoms. The maximum atomic E-state index is 12.3. The van der Waals surface area contributed by atoms with Crippen LogP contribution in [-0.2, 0) is 4.79 Å². The summed E-state index contributed by atoms with van der Waals surface area (Å²) in [6, 6.07) is 17.8. The molecule has 0 aliphatic carbocycles. The zero-order chi connectivity index (χ0) is 16.5. The van der Waals surface area contributed by atoms with Crippen LogP contribution in [0.25, 0.3) is 5.70 Å². The molecule has 1 atom stereocenters. The minimum atomic E-state index is -0.138. The van der Waals surface area contributed by atoms with Crippen LogP contribution in [0.1, 0.15) is 17.2 Å². The van der Waals surface area contributed by atoms with Crippen molar-refractivity contribution in [3.05, 3.63) is 71.8 Å². The maximum Gasteiger partial charge on any atom is 0.239 e. The molecule has 0 bridgehead atoms. The summed E-state index contributed by atoms with van der Waals surface area (Å²) in [6.07, 6.45) is 2.06. The van der Waals surface area contributed by atoms with Crippen molar-refractivity contribution in [1.82, 2.24) is 4.90 Å². The first kappa shape index (κ1) is 15.0. The van der Waals surface area contributed by atoms with Crippen molar-refractivity contribution in [1.29, 1.82) is 0 Å². The number of ether oxygens (including phenoxy) is 1. The number of amidine groups is 1. The van der Waals surface area contributed by atoms with E-state index in [0.717, 1.165) is 27.7 Å². The smallest absolute Gasteiger partial charge is 0.239 e. The predicted molar refractivity (Wildman–Crippen MR) is 96.9 cm³/mol. The van der Waals surface area contributed by atoms with E-state index in [1.54, 1.807) is 12.0 Å². The van der Waals surface area contributed by atoms with Crippen molar-refractivity contribution in [3.63, 3.8) is 0 Å². The van der Waals surface area contributed by atoms with E-state index in [0.29, 0.717) is 5.75 Å². The van der Waals surface area contributed by atoms with E-state index in [4.69, 9.17) is 9.73 Å². The number of amides is 1. The fourth-order valence-corrected chi connectivity index (χ4v) is 3.82. The summed E-state index contributed by atoms with van der Waals surface area (Å²) in [5.41, 5.74) is 3.01. The Hall–Kier alpha value is -2.53. The van der Waals surface area contributed by atoms with Crippen molar-refractivity contribution in [2.45, 2.75) is 6.04 Å². The maximum absolute atomic E-state index is 12.3. The molecular weight excluding hydrogens is 320 g/mol. The Morgan fingerprint density at radius 1 is 1.12 bits per heavy atom. The number of carbonyl (C=O) groups excluding carboxylic acids is 1. The SMILES string of the molecule is COc1ccc(C2C=C(c3ccccc3)N=C3SCC(=O)N32)cc1. The summed E-state index contributed by atoms with van der Waals surface area (Å²) >= 11 is 1.50. The molecule has 0 spiro atoms. The van der Waals surface area contributed by atoms with Gasteiger partial charge in [-0.15, -0.1) is 0 Å². The summed E-state index contributed by atoms with van der Waals surface area (Å²) in [4.78, 5) is 18.8. The summed E-state index contributed by atoms with van der Waals surface area (Å²) in [5.74, 6) is 1.35. The van der Waals surface area contributed by atoms with E-state index in [2.05, 4.69) is 6.08 Å². The van der Waals surface area contributed by atoms with Crippen LogP contribution in [0.2, 0.25) is 0 Å². The van der Waals surface area contributed by atoms with Crippen LogP contribution in [-0.4, -0.2) is 28.8 Å². The Balaban J connectivity index is 1.78. The molecule has 1 unspecified atom stereocenters. The second kappa shape index (κ2) is 6.17. The topological polar surface area (TPSA) is 41.9 Å². The van der Waals surface area contributed by atoms with Gasteiger partial charge >= 0.3 is 0 Å². The van der Waals surface area contributed by atoms with Gasteiger partial charge in [0.1, 0.15) is 5.75 Å². The van der Waals surface area contributed by atoms with E-state index in [9.17, 15) is 4.79 Å². The van der Waals surface area contributed by atoms with Gasteiger partial charge in [-0.2, -0.15) is 0 Å². The van der Waals surface area contributed by atoms with Crippen LogP contribution in [0, 0.1) is 0 Å². The lowest BCUT2D eigenvalue weighted by molar-refractivity contribution is -0.125. The van der Waals surface area contributed by atoms with E-state index < -0.39 is 0 Å². The van der Waals surface area contributed by atoms with Crippen molar-refractivity contribution in [2.75, 3.05) is 12.9 Å². The molecule has 2 aromatic carbocycles. The molecule has 1 fully saturated rings. The molecule has 1 amide bonds. The first-order valence-electron chi connectivity index (χ1n) is 7.71. The molecule has 2 aliphatic rings. The molecule has 2 aliphatic heterocycles. The average Bonchev–Trinajstić information content (AvgIpc) is 3.03. The van der Waals surface area contributed by atoms with Gasteiger partial charge in [0.2, 0.25) is 5.91 Å². The van der Waals surface area contributed by atoms with Gasteiger partial charge in [0.25, 0.3) is 0 Å². The van der Waals surface area contributed by atoms with Gasteiger partial charge in [0.05, 0.1) is 24.6 Å². The molecule has 2 heterocycles. The molecule has 1 saturated heterocycles. The zero-order valence-electron chi connectivity index (χ0n) is 13.2. The molecule has 0 N–H and O–H groups in total. The Bertz CT molecular complexity index is 828. The number of aliphatic imine (C=N–C) groups is 1. The first-order valence-corrected chi connectivity index (χ1v) is 8.69. The molecule has 4 nitrogen and oxygen atoms in total. The van der Waals surface area contributed by atoms with Gasteiger partial charge < -0.3 is 4.74 Å². The fraction of sp³-hybridized carbons (Fsp3) is 0.158. The highest BCUT2D eigenvalue weighted by atomic mass is 32.2. The molecule has 4 rings (SSSR count). The highest BCUT2D eigenvalue weighted by molar-refractivity contribution is 8.15. The lowest BCUT2D eigenvalue weighted by Gasteiger charge is -2.29. The second-order valence-corrected chi connectivity index (χ2v) is 6.53. The Morgan fingerprint density at radius 3 is 2.58 bits per heavy atom. The number of methoxy groups -OCH3 is 1. The lowest BCUT2D eigenvalue weighted by Crippen LogP contribution is -2.34. The summed E-state index contributed by atoms with van der Waals surface area (Å²) in [5, 5.41) is 0.780. The normalized spacial score (nSPS) is 19.6. The third kappa shape index (κ3) is 2.61. The van der Waals surface area contributed by atoms with Gasteiger partial charge in [-0.1, -0.05) is 54.2 Å². The number of hydrogen-bond donors (Lipinski definition) is 0. The Morgan fingerprint density at radius 2 is 1.88 bits per heavy atom. The van der Waals surface area contributed by atoms with Crippen molar-refractivity contribution < 1.29 is 9.53 Å². The number of thioether (sulfide) groups is 1.